The van der Waals surface area contributed by atoms with E-state index in [4.69, 9.17) is 23.2 Å². The van der Waals surface area contributed by atoms with E-state index in [9.17, 15) is 8.42 Å². The number of nitrogens with zero attached hydrogens (tertiary/aromatic N) is 5. The normalized spacial score (nSPS) is 11.6. The first-order chi connectivity index (χ1) is 15.1. The van der Waals surface area contributed by atoms with E-state index in [1.54, 1.807) is 24.4 Å². The van der Waals surface area contributed by atoms with Gasteiger partial charge in [0.1, 0.15) is 5.02 Å². The van der Waals surface area contributed by atoms with Crippen molar-refractivity contribution in [2.75, 3.05) is 42.3 Å². The number of anilines is 5. The molecule has 0 aliphatic heterocycles. The minimum atomic E-state index is -3.50. The molecular formula is C19H24Cl2N8O2S. The van der Waals surface area contributed by atoms with E-state index in [1.807, 2.05) is 25.0 Å². The highest BCUT2D eigenvalue weighted by Crippen LogP contribution is 2.32. The molecule has 3 rings (SSSR count). The van der Waals surface area contributed by atoms with E-state index in [-0.39, 0.29) is 10.8 Å². The Morgan fingerprint density at radius 3 is 2.62 bits per heavy atom. The largest absolute Gasteiger partial charge is 0.337 e. The van der Waals surface area contributed by atoms with Gasteiger partial charge in [0.25, 0.3) is 0 Å². The second kappa shape index (κ2) is 10.3. The summed E-state index contributed by atoms with van der Waals surface area (Å²) in [5, 5.41) is 11.1. The summed E-state index contributed by atoms with van der Waals surface area (Å²) in [6.45, 7) is 1.76. The summed E-state index contributed by atoms with van der Waals surface area (Å²) >= 11 is 12.3. The molecule has 2 aromatic heterocycles. The minimum absolute atomic E-state index is 0.250. The first kappa shape index (κ1) is 24.1. The summed E-state index contributed by atoms with van der Waals surface area (Å²) in [5.41, 5.74) is 1.42. The molecule has 3 N–H and O–H groups in total. The number of rotatable bonds is 10. The molecule has 0 unspecified atom stereocenters. The maximum Gasteiger partial charge on any atom is 0.229 e. The zero-order valence-electron chi connectivity index (χ0n) is 17.8. The first-order valence-electron chi connectivity index (χ1n) is 9.60. The summed E-state index contributed by atoms with van der Waals surface area (Å²) in [7, 11) is 0.566. The van der Waals surface area contributed by atoms with Crippen molar-refractivity contribution in [3.63, 3.8) is 0 Å². The molecule has 0 atom stereocenters. The SMILES string of the molecule is CN(C)CCCn1cc(Nc2ncc(Cl)c(Nc3cc(Cl)ccc3NS(C)(=O)=O)n2)cn1. The van der Waals surface area contributed by atoms with E-state index in [2.05, 4.69) is 35.3 Å². The van der Waals surface area contributed by atoms with Crippen molar-refractivity contribution in [1.29, 1.82) is 0 Å². The molecule has 0 bridgehead atoms. The molecule has 172 valence electrons. The van der Waals surface area contributed by atoms with Crippen LogP contribution in [0.3, 0.4) is 0 Å². The van der Waals surface area contributed by atoms with Gasteiger partial charge >= 0.3 is 0 Å². The van der Waals surface area contributed by atoms with Crippen molar-refractivity contribution in [2.45, 2.75) is 13.0 Å². The molecule has 10 nitrogen and oxygen atoms in total. The highest BCUT2D eigenvalue weighted by atomic mass is 35.5. The monoisotopic (exact) mass is 498 g/mol. The molecule has 0 amide bonds. The van der Waals surface area contributed by atoms with E-state index in [0.717, 1.165) is 31.5 Å². The summed E-state index contributed by atoms with van der Waals surface area (Å²) in [5.74, 6) is 0.575. The van der Waals surface area contributed by atoms with Crippen molar-refractivity contribution in [3.8, 4) is 0 Å². The van der Waals surface area contributed by atoms with Crippen molar-refractivity contribution in [1.82, 2.24) is 24.6 Å². The smallest absolute Gasteiger partial charge is 0.229 e. The van der Waals surface area contributed by atoms with Gasteiger partial charge in [-0.05, 0) is 45.3 Å². The van der Waals surface area contributed by atoms with Gasteiger partial charge < -0.3 is 15.5 Å². The van der Waals surface area contributed by atoms with Crippen molar-refractivity contribution in [3.05, 3.63) is 46.8 Å². The minimum Gasteiger partial charge on any atom is -0.337 e. The number of aromatic nitrogens is 4. The van der Waals surface area contributed by atoms with Crippen LogP contribution in [-0.4, -0.2) is 60.0 Å². The Balaban J connectivity index is 1.76. The zero-order valence-corrected chi connectivity index (χ0v) is 20.1. The quantitative estimate of drug-likeness (QED) is 0.386. The van der Waals surface area contributed by atoms with Crippen molar-refractivity contribution in [2.24, 2.45) is 0 Å². The average molecular weight is 499 g/mol. The Bertz CT molecular complexity index is 1180. The molecule has 2 heterocycles. The fourth-order valence-corrected chi connectivity index (χ4v) is 3.67. The van der Waals surface area contributed by atoms with Crippen LogP contribution in [0.15, 0.2) is 36.8 Å². The number of sulfonamides is 1. The first-order valence-corrected chi connectivity index (χ1v) is 12.2. The zero-order chi connectivity index (χ0) is 23.3. The number of nitrogens with one attached hydrogen (secondary N) is 3. The predicted octanol–water partition coefficient (Wildman–Crippen LogP) is 3.79. The molecule has 3 aromatic rings. The second-order valence-electron chi connectivity index (χ2n) is 7.35. The maximum absolute atomic E-state index is 11.7. The highest BCUT2D eigenvalue weighted by Gasteiger charge is 2.13. The molecular weight excluding hydrogens is 475 g/mol. The van der Waals surface area contributed by atoms with E-state index < -0.39 is 10.0 Å². The summed E-state index contributed by atoms with van der Waals surface area (Å²) in [6.07, 6.45) is 7.03. The van der Waals surface area contributed by atoms with Crippen molar-refractivity contribution >= 4 is 62.1 Å². The molecule has 13 heteroatoms. The Morgan fingerprint density at radius 1 is 1.12 bits per heavy atom. The highest BCUT2D eigenvalue weighted by molar-refractivity contribution is 7.92. The van der Waals surface area contributed by atoms with Gasteiger partial charge in [0.05, 0.1) is 35.7 Å². The number of benzene rings is 1. The lowest BCUT2D eigenvalue weighted by molar-refractivity contribution is 0.380. The van der Waals surface area contributed by atoms with Crippen LogP contribution in [0.4, 0.5) is 28.8 Å². The van der Waals surface area contributed by atoms with Crippen LogP contribution < -0.4 is 15.4 Å². The number of aryl methyl sites for hydroxylation is 1. The fraction of sp³-hybridized carbons (Fsp3) is 0.316. The average Bonchev–Trinajstić information content (AvgIpc) is 3.12. The van der Waals surface area contributed by atoms with Gasteiger partial charge in [-0.15, -0.1) is 0 Å². The molecule has 32 heavy (non-hydrogen) atoms. The number of hydrogen-bond donors (Lipinski definition) is 3. The summed E-state index contributed by atoms with van der Waals surface area (Å²) < 4.78 is 27.6. The third-order valence-corrected chi connectivity index (χ3v) is 5.26. The van der Waals surface area contributed by atoms with Gasteiger partial charge in [-0.2, -0.15) is 10.1 Å². The molecule has 0 fully saturated rings. The van der Waals surface area contributed by atoms with Crippen LogP contribution in [0.5, 0.6) is 0 Å². The lowest BCUT2D eigenvalue weighted by Crippen LogP contribution is -2.15. The molecule has 0 aliphatic carbocycles. The van der Waals surface area contributed by atoms with Gasteiger partial charge in [-0.3, -0.25) is 9.40 Å². The van der Waals surface area contributed by atoms with Crippen LogP contribution in [0.25, 0.3) is 0 Å². The molecule has 0 aliphatic rings. The van der Waals surface area contributed by atoms with Crippen LogP contribution in [-0.2, 0) is 16.6 Å². The summed E-state index contributed by atoms with van der Waals surface area (Å²) in [4.78, 5) is 10.7. The Hall–Kier alpha value is -2.60. The lowest BCUT2D eigenvalue weighted by Gasteiger charge is -2.14. The van der Waals surface area contributed by atoms with Gasteiger partial charge in [-0.1, -0.05) is 23.2 Å². The Kier molecular flexibility index (Phi) is 7.77. The van der Waals surface area contributed by atoms with Crippen molar-refractivity contribution < 1.29 is 8.42 Å². The third kappa shape index (κ3) is 7.23. The molecule has 0 saturated heterocycles. The van der Waals surface area contributed by atoms with E-state index in [0.29, 0.717) is 22.3 Å². The Morgan fingerprint density at radius 2 is 1.91 bits per heavy atom. The molecule has 1 aromatic carbocycles. The third-order valence-electron chi connectivity index (χ3n) is 4.16. The van der Waals surface area contributed by atoms with Crippen LogP contribution in [0, 0.1) is 0 Å². The number of hydrogen-bond acceptors (Lipinski definition) is 8. The topological polar surface area (TPSA) is 117 Å². The lowest BCUT2D eigenvalue weighted by atomic mass is 10.2. The van der Waals surface area contributed by atoms with Crippen LogP contribution in [0.2, 0.25) is 10.0 Å². The van der Waals surface area contributed by atoms with Gasteiger partial charge in [0.2, 0.25) is 16.0 Å². The summed E-state index contributed by atoms with van der Waals surface area (Å²) in [6, 6.07) is 4.69. The molecule has 0 spiro atoms. The van der Waals surface area contributed by atoms with Gasteiger partial charge in [0.15, 0.2) is 5.82 Å². The van der Waals surface area contributed by atoms with E-state index in [1.165, 1.54) is 6.20 Å². The fourth-order valence-electron chi connectivity index (χ4n) is 2.78. The van der Waals surface area contributed by atoms with Gasteiger partial charge in [0, 0.05) is 17.8 Å². The predicted molar refractivity (Wildman–Crippen MR) is 129 cm³/mol. The van der Waals surface area contributed by atoms with Crippen LogP contribution in [0.1, 0.15) is 6.42 Å². The van der Waals surface area contributed by atoms with Crippen LogP contribution >= 0.6 is 23.2 Å². The Labute approximate surface area is 197 Å². The second-order valence-corrected chi connectivity index (χ2v) is 9.95. The van der Waals surface area contributed by atoms with E-state index >= 15 is 0 Å². The van der Waals surface area contributed by atoms with Gasteiger partial charge in [-0.25, -0.2) is 13.4 Å². The number of halogens is 2. The standard InChI is InChI=1S/C19H24Cl2N8O2S/c1-28(2)7-4-8-29-12-14(10-23-29)24-19-22-11-15(21)18(26-19)25-17-9-13(20)5-6-16(17)27-32(3,30)31/h5-6,9-12,27H,4,7-8H2,1-3H3,(H2,22,24,25,26). The maximum atomic E-state index is 11.7. The molecule has 0 radical (unpaired) electrons. The molecule has 0 saturated carbocycles.